The topological polar surface area (TPSA) is 75.7 Å². The molecule has 0 saturated carbocycles. The molecular weight excluding hydrogens is 308 g/mol. The van der Waals surface area contributed by atoms with Crippen molar-refractivity contribution in [2.75, 3.05) is 13.7 Å². The average molecular weight is 340 g/mol. The van der Waals surface area contributed by atoms with E-state index in [0.717, 1.165) is 0 Å². The third-order valence-electron chi connectivity index (χ3n) is 3.84. The first-order valence-electron chi connectivity index (χ1n) is 8.29. The van der Waals surface area contributed by atoms with E-state index in [4.69, 9.17) is 4.74 Å². The standard InChI is InChI=1S/C18H32N2O4/c1-9-24-17(23)13(4)10-14(12(2)3)20(8)16(22)15(19-11-21)18(5,6)7/h10-12,14-15H,9H2,1-8H3,(H,19,21)/t14-,15+/m1/s1. The maximum Gasteiger partial charge on any atom is 0.333 e. The lowest BCUT2D eigenvalue weighted by Gasteiger charge is -2.36. The van der Waals surface area contributed by atoms with Gasteiger partial charge in [0.05, 0.1) is 12.6 Å². The summed E-state index contributed by atoms with van der Waals surface area (Å²) < 4.78 is 5.00. The molecule has 0 unspecified atom stereocenters. The van der Waals surface area contributed by atoms with Crippen molar-refractivity contribution >= 4 is 18.3 Å². The van der Waals surface area contributed by atoms with Gasteiger partial charge in [-0.3, -0.25) is 9.59 Å². The number of likely N-dealkylation sites (N-methyl/N-ethyl adjacent to an activating group) is 1. The highest BCUT2D eigenvalue weighted by atomic mass is 16.5. The van der Waals surface area contributed by atoms with Crippen LogP contribution in [0.25, 0.3) is 0 Å². The van der Waals surface area contributed by atoms with Crippen LogP contribution in [0.1, 0.15) is 48.5 Å². The Bertz CT molecular complexity index is 478. The summed E-state index contributed by atoms with van der Waals surface area (Å²) in [6.45, 7) is 13.4. The Labute approximate surface area is 145 Å². The minimum Gasteiger partial charge on any atom is -0.463 e. The molecule has 0 aromatic rings. The maximum absolute atomic E-state index is 12.9. The predicted octanol–water partition coefficient (Wildman–Crippen LogP) is 2.14. The number of carbonyl (C=O) groups excluding carboxylic acids is 3. The van der Waals surface area contributed by atoms with Crippen molar-refractivity contribution in [2.24, 2.45) is 11.3 Å². The van der Waals surface area contributed by atoms with Crippen LogP contribution < -0.4 is 5.32 Å². The molecule has 0 aliphatic carbocycles. The van der Waals surface area contributed by atoms with Gasteiger partial charge in [-0.15, -0.1) is 0 Å². The molecule has 0 aromatic carbocycles. The number of amides is 2. The van der Waals surface area contributed by atoms with Gasteiger partial charge in [-0.25, -0.2) is 4.79 Å². The van der Waals surface area contributed by atoms with Crippen LogP contribution >= 0.6 is 0 Å². The Morgan fingerprint density at radius 1 is 1.25 bits per heavy atom. The van der Waals surface area contributed by atoms with Gasteiger partial charge in [-0.1, -0.05) is 40.7 Å². The molecule has 1 N–H and O–H groups in total. The van der Waals surface area contributed by atoms with Crippen molar-refractivity contribution in [2.45, 2.75) is 60.5 Å². The van der Waals surface area contributed by atoms with Crippen molar-refractivity contribution < 1.29 is 19.1 Å². The van der Waals surface area contributed by atoms with E-state index in [9.17, 15) is 14.4 Å². The number of ether oxygens (including phenoxy) is 1. The van der Waals surface area contributed by atoms with Crippen LogP contribution in [-0.2, 0) is 19.1 Å². The maximum atomic E-state index is 12.9. The van der Waals surface area contributed by atoms with Gasteiger partial charge in [-0.05, 0) is 25.2 Å². The SMILES string of the molecule is CCOC(=O)C(C)=C[C@H](C(C)C)N(C)C(=O)[C@H](NC=O)C(C)(C)C. The molecule has 6 heteroatoms. The fourth-order valence-electron chi connectivity index (χ4n) is 2.43. The molecule has 24 heavy (non-hydrogen) atoms. The summed E-state index contributed by atoms with van der Waals surface area (Å²) in [4.78, 5) is 37.2. The van der Waals surface area contributed by atoms with Gasteiger partial charge in [0.1, 0.15) is 6.04 Å². The van der Waals surface area contributed by atoms with Crippen LogP contribution in [0.4, 0.5) is 0 Å². The molecule has 138 valence electrons. The Balaban J connectivity index is 5.52. The lowest BCUT2D eigenvalue weighted by atomic mass is 9.85. The van der Waals surface area contributed by atoms with E-state index < -0.39 is 11.5 Å². The molecule has 0 bridgehead atoms. The Hall–Kier alpha value is -1.85. The second-order valence-electron chi connectivity index (χ2n) is 7.34. The number of hydrogen-bond acceptors (Lipinski definition) is 4. The molecule has 6 nitrogen and oxygen atoms in total. The zero-order valence-electron chi connectivity index (χ0n) is 16.2. The molecule has 0 aromatic heterocycles. The monoisotopic (exact) mass is 340 g/mol. The molecular formula is C18H32N2O4. The fourth-order valence-corrected chi connectivity index (χ4v) is 2.43. The van der Waals surface area contributed by atoms with Crippen molar-refractivity contribution in [3.63, 3.8) is 0 Å². The summed E-state index contributed by atoms with van der Waals surface area (Å²) in [6, 6.07) is -0.919. The Morgan fingerprint density at radius 2 is 1.79 bits per heavy atom. The van der Waals surface area contributed by atoms with Gasteiger partial charge in [0.25, 0.3) is 0 Å². The first kappa shape index (κ1) is 22.1. The molecule has 0 radical (unpaired) electrons. The summed E-state index contributed by atoms with van der Waals surface area (Å²) in [5.41, 5.74) is 0.0408. The number of nitrogens with zero attached hydrogens (tertiary/aromatic N) is 1. The largest absolute Gasteiger partial charge is 0.463 e. The third kappa shape index (κ3) is 6.34. The summed E-state index contributed by atoms with van der Waals surface area (Å²) in [6.07, 6.45) is 2.30. The van der Waals surface area contributed by atoms with E-state index in [2.05, 4.69) is 5.32 Å². The quantitative estimate of drug-likeness (QED) is 0.417. The number of hydrogen-bond donors (Lipinski definition) is 1. The molecule has 0 fully saturated rings. The van der Waals surface area contributed by atoms with E-state index in [0.29, 0.717) is 18.6 Å². The zero-order chi connectivity index (χ0) is 19.1. The highest BCUT2D eigenvalue weighted by Gasteiger charge is 2.35. The lowest BCUT2D eigenvalue weighted by Crippen LogP contribution is -2.54. The lowest BCUT2D eigenvalue weighted by molar-refractivity contribution is -0.139. The molecule has 2 atom stereocenters. The second-order valence-corrected chi connectivity index (χ2v) is 7.34. The Morgan fingerprint density at radius 3 is 2.17 bits per heavy atom. The van der Waals surface area contributed by atoms with Crippen LogP contribution in [0, 0.1) is 11.3 Å². The van der Waals surface area contributed by atoms with Crippen LogP contribution in [0.2, 0.25) is 0 Å². The van der Waals surface area contributed by atoms with Crippen LogP contribution in [0.15, 0.2) is 11.6 Å². The first-order valence-corrected chi connectivity index (χ1v) is 8.29. The second kappa shape index (κ2) is 9.45. The highest BCUT2D eigenvalue weighted by Crippen LogP contribution is 2.23. The molecule has 0 heterocycles. The van der Waals surface area contributed by atoms with Gasteiger partial charge in [0.15, 0.2) is 0 Å². The summed E-state index contributed by atoms with van der Waals surface area (Å²) in [5.74, 6) is -0.483. The molecule has 0 rings (SSSR count). The third-order valence-corrected chi connectivity index (χ3v) is 3.84. The smallest absolute Gasteiger partial charge is 0.333 e. The van der Waals surface area contributed by atoms with Crippen molar-refractivity contribution in [1.29, 1.82) is 0 Å². The van der Waals surface area contributed by atoms with Crippen LogP contribution in [0.5, 0.6) is 0 Å². The number of nitrogens with one attached hydrogen (secondary N) is 1. The minimum absolute atomic E-state index is 0.0974. The highest BCUT2D eigenvalue weighted by molar-refractivity contribution is 5.88. The Kier molecular flexibility index (Phi) is 8.72. The fraction of sp³-hybridized carbons (Fsp3) is 0.722. The average Bonchev–Trinajstić information content (AvgIpc) is 2.47. The van der Waals surface area contributed by atoms with Crippen LogP contribution in [-0.4, -0.2) is 48.9 Å². The van der Waals surface area contributed by atoms with Gasteiger partial charge in [-0.2, -0.15) is 0 Å². The van der Waals surface area contributed by atoms with E-state index in [1.807, 2.05) is 34.6 Å². The molecule has 0 aliphatic heterocycles. The van der Waals surface area contributed by atoms with Crippen LogP contribution in [0.3, 0.4) is 0 Å². The molecule has 0 spiro atoms. The predicted molar refractivity (Wildman–Crippen MR) is 94.2 cm³/mol. The van der Waals surface area contributed by atoms with E-state index in [-0.39, 0.29) is 23.8 Å². The number of esters is 1. The molecule has 2 amide bonds. The van der Waals surface area contributed by atoms with Gasteiger partial charge >= 0.3 is 5.97 Å². The number of rotatable bonds is 8. The summed E-state index contributed by atoms with van der Waals surface area (Å²) >= 11 is 0. The zero-order valence-corrected chi connectivity index (χ0v) is 16.2. The molecule has 0 saturated heterocycles. The van der Waals surface area contributed by atoms with Crippen molar-refractivity contribution in [1.82, 2.24) is 10.2 Å². The van der Waals surface area contributed by atoms with Crippen molar-refractivity contribution in [3.05, 3.63) is 11.6 Å². The number of carbonyl (C=O) groups is 3. The minimum atomic E-state index is -0.641. The summed E-state index contributed by atoms with van der Waals surface area (Å²) in [5, 5.41) is 2.61. The van der Waals surface area contributed by atoms with E-state index >= 15 is 0 Å². The van der Waals surface area contributed by atoms with Gasteiger partial charge < -0.3 is 15.0 Å². The van der Waals surface area contributed by atoms with E-state index in [1.54, 1.807) is 31.9 Å². The first-order chi connectivity index (χ1) is 11.0. The van der Waals surface area contributed by atoms with Gasteiger partial charge in [0.2, 0.25) is 12.3 Å². The normalized spacial score (nSPS) is 14.8. The summed E-state index contributed by atoms with van der Waals surface area (Å²) in [7, 11) is 1.69. The molecule has 0 aliphatic rings. The van der Waals surface area contributed by atoms with Gasteiger partial charge in [0, 0.05) is 12.6 Å². The van der Waals surface area contributed by atoms with Crippen molar-refractivity contribution in [3.8, 4) is 0 Å². The van der Waals surface area contributed by atoms with E-state index in [1.165, 1.54) is 0 Å².